The van der Waals surface area contributed by atoms with E-state index >= 15 is 0 Å². The lowest BCUT2D eigenvalue weighted by Crippen LogP contribution is -2.34. The Labute approximate surface area is 145 Å². The van der Waals surface area contributed by atoms with Crippen LogP contribution in [0.5, 0.6) is 0 Å². The zero-order valence-corrected chi connectivity index (χ0v) is 13.9. The third-order valence-electron chi connectivity index (χ3n) is 4.23. The van der Waals surface area contributed by atoms with E-state index in [0.717, 1.165) is 21.7 Å². The van der Waals surface area contributed by atoms with Gasteiger partial charge in [-0.05, 0) is 49.7 Å². The van der Waals surface area contributed by atoms with Crippen molar-refractivity contribution in [2.24, 2.45) is 0 Å². The van der Waals surface area contributed by atoms with Crippen LogP contribution >= 0.6 is 0 Å². The second-order valence-electron chi connectivity index (χ2n) is 6.14. The van der Waals surface area contributed by atoms with E-state index in [1.165, 1.54) is 24.3 Å². The number of nitrogens with zero attached hydrogens (tertiary/aromatic N) is 1. The molecule has 6 heteroatoms. The Morgan fingerprint density at radius 2 is 1.80 bits per heavy atom. The van der Waals surface area contributed by atoms with Gasteiger partial charge in [0, 0.05) is 5.69 Å². The summed E-state index contributed by atoms with van der Waals surface area (Å²) in [5.74, 6) is -1.71. The number of carboxylic acids is 1. The van der Waals surface area contributed by atoms with E-state index in [1.807, 2.05) is 32.0 Å². The summed E-state index contributed by atoms with van der Waals surface area (Å²) in [6.07, 6.45) is 0.0623. The van der Waals surface area contributed by atoms with Crippen LogP contribution in [0, 0.1) is 13.8 Å². The fourth-order valence-electron chi connectivity index (χ4n) is 2.93. The summed E-state index contributed by atoms with van der Waals surface area (Å²) >= 11 is 0. The van der Waals surface area contributed by atoms with E-state index in [-0.39, 0.29) is 23.8 Å². The van der Waals surface area contributed by atoms with Crippen molar-refractivity contribution in [1.29, 1.82) is 0 Å². The highest BCUT2D eigenvalue weighted by atomic mass is 16.4. The van der Waals surface area contributed by atoms with Gasteiger partial charge in [-0.2, -0.15) is 0 Å². The van der Waals surface area contributed by atoms with Gasteiger partial charge in [-0.1, -0.05) is 17.7 Å². The summed E-state index contributed by atoms with van der Waals surface area (Å²) in [7, 11) is 0. The van der Waals surface area contributed by atoms with Crippen LogP contribution < -0.4 is 10.2 Å². The average Bonchev–Trinajstić information content (AvgIpc) is 2.84. The second kappa shape index (κ2) is 6.39. The first-order valence-corrected chi connectivity index (χ1v) is 7.91. The minimum absolute atomic E-state index is 0.0623. The zero-order valence-electron chi connectivity index (χ0n) is 13.9. The summed E-state index contributed by atoms with van der Waals surface area (Å²) < 4.78 is 0. The van der Waals surface area contributed by atoms with Gasteiger partial charge < -0.3 is 10.4 Å². The van der Waals surface area contributed by atoms with Crippen LogP contribution in [0.4, 0.5) is 11.4 Å². The molecule has 1 aliphatic rings. The number of benzene rings is 2. The number of anilines is 2. The number of amides is 2. The van der Waals surface area contributed by atoms with Crippen molar-refractivity contribution in [3.8, 4) is 0 Å². The molecular weight excluding hydrogens is 320 g/mol. The van der Waals surface area contributed by atoms with Crippen molar-refractivity contribution < 1.29 is 19.5 Å². The van der Waals surface area contributed by atoms with Gasteiger partial charge in [0.05, 0.1) is 17.7 Å². The number of carbonyl (C=O) groups excluding carboxylic acids is 2. The highest BCUT2D eigenvalue weighted by Crippen LogP contribution is 2.26. The van der Waals surface area contributed by atoms with Gasteiger partial charge in [-0.15, -0.1) is 0 Å². The fraction of sp³-hybridized carbons (Fsp3) is 0.211. The lowest BCUT2D eigenvalue weighted by atomic mass is 10.1. The number of hydrogen-bond donors (Lipinski definition) is 2. The molecule has 6 nitrogen and oxygen atoms in total. The first kappa shape index (κ1) is 16.7. The van der Waals surface area contributed by atoms with E-state index < -0.39 is 12.0 Å². The summed E-state index contributed by atoms with van der Waals surface area (Å²) in [6.45, 7) is 3.93. The number of aryl methyl sites for hydroxylation is 2. The molecule has 0 saturated carbocycles. The van der Waals surface area contributed by atoms with Crippen LogP contribution in [0.2, 0.25) is 0 Å². The fourth-order valence-corrected chi connectivity index (χ4v) is 2.93. The van der Waals surface area contributed by atoms with Gasteiger partial charge in [0.2, 0.25) is 5.91 Å². The number of carboxylic acid groups (broad SMARTS) is 1. The first-order chi connectivity index (χ1) is 11.9. The Morgan fingerprint density at radius 3 is 2.40 bits per heavy atom. The standard InChI is InChI=1S/C19H18N2O4/c1-11-3-8-15(12(2)9-11)20-16-10-17(22)21(18(16)23)14-6-4-13(5-7-14)19(24)25/h3-9,16,20H,10H2,1-2H3,(H,24,25)/t16-/m0/s1. The molecule has 1 aliphatic heterocycles. The molecule has 1 heterocycles. The molecule has 0 radical (unpaired) electrons. The van der Waals surface area contributed by atoms with E-state index in [0.29, 0.717) is 5.69 Å². The average molecular weight is 338 g/mol. The van der Waals surface area contributed by atoms with E-state index in [4.69, 9.17) is 5.11 Å². The molecular formula is C19H18N2O4. The molecule has 2 aromatic rings. The van der Waals surface area contributed by atoms with Gasteiger partial charge in [0.25, 0.3) is 5.91 Å². The molecule has 25 heavy (non-hydrogen) atoms. The Bertz CT molecular complexity index is 858. The van der Waals surface area contributed by atoms with Gasteiger partial charge >= 0.3 is 5.97 Å². The molecule has 1 fully saturated rings. The number of nitrogens with one attached hydrogen (secondary N) is 1. The molecule has 2 N–H and O–H groups in total. The SMILES string of the molecule is Cc1ccc(N[C@H]2CC(=O)N(c3ccc(C(=O)O)cc3)C2=O)c(C)c1. The van der Waals surface area contributed by atoms with E-state index in [2.05, 4.69) is 5.32 Å². The van der Waals surface area contributed by atoms with Crippen LogP contribution in [0.3, 0.4) is 0 Å². The largest absolute Gasteiger partial charge is 0.478 e. The maximum atomic E-state index is 12.6. The van der Waals surface area contributed by atoms with Crippen LogP contribution in [-0.4, -0.2) is 28.9 Å². The van der Waals surface area contributed by atoms with Crippen molar-refractivity contribution in [3.05, 3.63) is 59.2 Å². The van der Waals surface area contributed by atoms with Crippen LogP contribution in [0.1, 0.15) is 27.9 Å². The number of hydrogen-bond acceptors (Lipinski definition) is 4. The maximum Gasteiger partial charge on any atom is 0.335 e. The number of rotatable bonds is 4. The minimum Gasteiger partial charge on any atom is -0.478 e. The van der Waals surface area contributed by atoms with E-state index in [1.54, 1.807) is 0 Å². The molecule has 0 aromatic heterocycles. The van der Waals surface area contributed by atoms with E-state index in [9.17, 15) is 14.4 Å². The third-order valence-corrected chi connectivity index (χ3v) is 4.23. The van der Waals surface area contributed by atoms with Crippen molar-refractivity contribution in [2.75, 3.05) is 10.2 Å². The molecule has 2 aromatic carbocycles. The number of carbonyl (C=O) groups is 3. The normalized spacial score (nSPS) is 17.0. The molecule has 2 amide bonds. The highest BCUT2D eigenvalue weighted by Gasteiger charge is 2.39. The predicted molar refractivity (Wildman–Crippen MR) is 93.8 cm³/mol. The van der Waals surface area contributed by atoms with Crippen LogP contribution in [0.25, 0.3) is 0 Å². The summed E-state index contributed by atoms with van der Waals surface area (Å²) in [5, 5.41) is 12.1. The Balaban J connectivity index is 1.81. The van der Waals surface area contributed by atoms with Gasteiger partial charge in [0.1, 0.15) is 6.04 Å². The highest BCUT2D eigenvalue weighted by molar-refractivity contribution is 6.23. The lowest BCUT2D eigenvalue weighted by Gasteiger charge is -2.17. The first-order valence-electron chi connectivity index (χ1n) is 7.91. The quantitative estimate of drug-likeness (QED) is 0.837. The minimum atomic E-state index is -1.06. The molecule has 0 aliphatic carbocycles. The Kier molecular flexibility index (Phi) is 4.27. The van der Waals surface area contributed by atoms with Crippen molar-refractivity contribution >= 4 is 29.2 Å². The molecule has 0 spiro atoms. The van der Waals surface area contributed by atoms with Gasteiger partial charge in [-0.3, -0.25) is 9.59 Å². The number of aromatic carboxylic acids is 1. The van der Waals surface area contributed by atoms with Gasteiger partial charge in [-0.25, -0.2) is 9.69 Å². The lowest BCUT2D eigenvalue weighted by molar-refractivity contribution is -0.121. The smallest absolute Gasteiger partial charge is 0.335 e. The molecule has 128 valence electrons. The second-order valence-corrected chi connectivity index (χ2v) is 6.14. The molecule has 0 unspecified atom stereocenters. The summed E-state index contributed by atoms with van der Waals surface area (Å²) in [6, 6.07) is 10.9. The molecule has 1 saturated heterocycles. The zero-order chi connectivity index (χ0) is 18.1. The maximum absolute atomic E-state index is 12.6. The monoisotopic (exact) mass is 338 g/mol. The summed E-state index contributed by atoms with van der Waals surface area (Å²) in [5.41, 5.74) is 3.43. The molecule has 3 rings (SSSR count). The van der Waals surface area contributed by atoms with Gasteiger partial charge in [0.15, 0.2) is 0 Å². The topological polar surface area (TPSA) is 86.7 Å². The molecule has 0 bridgehead atoms. The summed E-state index contributed by atoms with van der Waals surface area (Å²) in [4.78, 5) is 37.0. The Hall–Kier alpha value is -3.15. The third kappa shape index (κ3) is 3.24. The van der Waals surface area contributed by atoms with Crippen LogP contribution in [-0.2, 0) is 9.59 Å². The van der Waals surface area contributed by atoms with Crippen LogP contribution in [0.15, 0.2) is 42.5 Å². The van der Waals surface area contributed by atoms with Crippen molar-refractivity contribution in [2.45, 2.75) is 26.3 Å². The number of imide groups is 1. The molecule has 1 atom stereocenters. The Morgan fingerprint density at radius 1 is 1.12 bits per heavy atom. The van der Waals surface area contributed by atoms with Crippen molar-refractivity contribution in [3.63, 3.8) is 0 Å². The predicted octanol–water partition coefficient (Wildman–Crippen LogP) is 2.75. The van der Waals surface area contributed by atoms with Crippen molar-refractivity contribution in [1.82, 2.24) is 0 Å².